The molecule has 1 fully saturated rings. The molecule has 0 bridgehead atoms. The van der Waals surface area contributed by atoms with Crippen molar-refractivity contribution < 1.29 is 4.74 Å². The highest BCUT2D eigenvalue weighted by Crippen LogP contribution is 2.43. The summed E-state index contributed by atoms with van der Waals surface area (Å²) in [5, 5.41) is 7.52. The van der Waals surface area contributed by atoms with Gasteiger partial charge in [-0.2, -0.15) is 0 Å². The minimum Gasteiger partial charge on any atom is -0.380 e. The molecule has 1 aromatic rings. The van der Waals surface area contributed by atoms with E-state index in [0.29, 0.717) is 6.61 Å². The van der Waals surface area contributed by atoms with E-state index in [1.54, 1.807) is 7.05 Å². The maximum Gasteiger partial charge on any atom is 0.191 e. The summed E-state index contributed by atoms with van der Waals surface area (Å²) < 4.78 is 5.33. The quantitative estimate of drug-likeness (QED) is 0.461. The third kappa shape index (κ3) is 4.37. The van der Waals surface area contributed by atoms with Crippen molar-refractivity contribution in [2.75, 3.05) is 33.4 Å². The molecular formula is C17H26ClN3O. The molecule has 0 aromatic heterocycles. The third-order valence-electron chi connectivity index (χ3n) is 4.33. The van der Waals surface area contributed by atoms with Crippen LogP contribution < -0.4 is 10.6 Å². The molecule has 1 saturated carbocycles. The number of rotatable bonds is 7. The van der Waals surface area contributed by atoms with E-state index in [0.717, 1.165) is 30.7 Å². The van der Waals surface area contributed by atoms with Gasteiger partial charge < -0.3 is 15.4 Å². The molecule has 4 nitrogen and oxygen atoms in total. The van der Waals surface area contributed by atoms with Crippen molar-refractivity contribution in [2.24, 2.45) is 4.99 Å². The zero-order valence-electron chi connectivity index (χ0n) is 13.5. The van der Waals surface area contributed by atoms with Crippen LogP contribution in [0, 0.1) is 0 Å². The van der Waals surface area contributed by atoms with Gasteiger partial charge in [-0.3, -0.25) is 4.99 Å². The summed E-state index contributed by atoms with van der Waals surface area (Å²) >= 11 is 6.00. The Morgan fingerprint density at radius 2 is 2.00 bits per heavy atom. The molecule has 0 aliphatic heterocycles. The lowest BCUT2D eigenvalue weighted by Gasteiger charge is -2.43. The first-order chi connectivity index (χ1) is 10.7. The van der Waals surface area contributed by atoms with Gasteiger partial charge in [0.05, 0.1) is 6.61 Å². The average molecular weight is 324 g/mol. The molecule has 0 unspecified atom stereocenters. The molecule has 0 amide bonds. The highest BCUT2D eigenvalue weighted by Gasteiger charge is 2.38. The zero-order chi connectivity index (χ0) is 15.8. The fourth-order valence-electron chi connectivity index (χ4n) is 2.83. The van der Waals surface area contributed by atoms with Crippen LogP contribution >= 0.6 is 11.6 Å². The number of halogens is 1. The molecule has 22 heavy (non-hydrogen) atoms. The Morgan fingerprint density at radius 1 is 1.27 bits per heavy atom. The van der Waals surface area contributed by atoms with Crippen molar-refractivity contribution in [1.82, 2.24) is 10.6 Å². The minimum atomic E-state index is 0.210. The van der Waals surface area contributed by atoms with Gasteiger partial charge in [-0.1, -0.05) is 30.2 Å². The number of nitrogens with one attached hydrogen (secondary N) is 2. The molecule has 5 heteroatoms. The second-order valence-corrected chi connectivity index (χ2v) is 6.13. The van der Waals surface area contributed by atoms with Gasteiger partial charge in [0, 0.05) is 37.2 Å². The fraction of sp³-hybridized carbons (Fsp3) is 0.588. The molecule has 1 aliphatic rings. The van der Waals surface area contributed by atoms with Crippen LogP contribution in [0.4, 0.5) is 0 Å². The second kappa shape index (κ2) is 8.39. The summed E-state index contributed by atoms with van der Waals surface area (Å²) in [5.74, 6) is 0.833. The number of benzene rings is 1. The largest absolute Gasteiger partial charge is 0.380 e. The average Bonchev–Trinajstić information content (AvgIpc) is 2.49. The van der Waals surface area contributed by atoms with E-state index in [1.165, 1.54) is 24.8 Å². The standard InChI is InChI=1S/C17H26ClN3O/c1-3-22-12-11-20-16(19-2)21-13-17(9-4-10-17)14-5-7-15(18)8-6-14/h5-8H,3-4,9-13H2,1-2H3,(H2,19,20,21). The van der Waals surface area contributed by atoms with Crippen molar-refractivity contribution in [3.8, 4) is 0 Å². The van der Waals surface area contributed by atoms with Crippen LogP contribution in [0.15, 0.2) is 29.3 Å². The molecule has 1 aromatic carbocycles. The van der Waals surface area contributed by atoms with Gasteiger partial charge in [-0.15, -0.1) is 0 Å². The molecule has 2 rings (SSSR count). The zero-order valence-corrected chi connectivity index (χ0v) is 14.2. The first kappa shape index (κ1) is 17.1. The lowest BCUT2D eigenvalue weighted by molar-refractivity contribution is 0.152. The number of aliphatic imine (C=N–C) groups is 1. The number of guanidine groups is 1. The Bertz CT molecular complexity index is 483. The molecule has 1 aliphatic carbocycles. The highest BCUT2D eigenvalue weighted by molar-refractivity contribution is 6.30. The van der Waals surface area contributed by atoms with Crippen LogP contribution in [0.25, 0.3) is 0 Å². The summed E-state index contributed by atoms with van der Waals surface area (Å²) in [6.45, 7) is 5.09. The number of ether oxygens (including phenoxy) is 1. The van der Waals surface area contributed by atoms with E-state index in [4.69, 9.17) is 16.3 Å². The predicted octanol–water partition coefficient (Wildman–Crippen LogP) is 2.96. The van der Waals surface area contributed by atoms with Crippen LogP contribution in [0.3, 0.4) is 0 Å². The Labute approximate surface area is 138 Å². The molecule has 0 atom stereocenters. The monoisotopic (exact) mass is 323 g/mol. The van der Waals surface area contributed by atoms with Crippen LogP contribution in [0.1, 0.15) is 31.7 Å². The minimum absolute atomic E-state index is 0.210. The first-order valence-corrected chi connectivity index (χ1v) is 8.36. The topological polar surface area (TPSA) is 45.6 Å². The molecule has 0 spiro atoms. The molecule has 122 valence electrons. The van der Waals surface area contributed by atoms with Crippen LogP contribution in [-0.4, -0.2) is 39.3 Å². The first-order valence-electron chi connectivity index (χ1n) is 7.98. The van der Waals surface area contributed by atoms with Gasteiger partial charge >= 0.3 is 0 Å². The Morgan fingerprint density at radius 3 is 2.55 bits per heavy atom. The molecule has 0 saturated heterocycles. The fourth-order valence-corrected chi connectivity index (χ4v) is 2.96. The van der Waals surface area contributed by atoms with E-state index >= 15 is 0 Å². The second-order valence-electron chi connectivity index (χ2n) is 5.69. The molecule has 0 radical (unpaired) electrons. The van der Waals surface area contributed by atoms with E-state index in [9.17, 15) is 0 Å². The summed E-state index contributed by atoms with van der Waals surface area (Å²) in [4.78, 5) is 4.27. The van der Waals surface area contributed by atoms with Gasteiger partial charge in [0.2, 0.25) is 0 Å². The van der Waals surface area contributed by atoms with Crippen molar-refractivity contribution in [3.63, 3.8) is 0 Å². The maximum absolute atomic E-state index is 6.00. The summed E-state index contributed by atoms with van der Waals surface area (Å²) in [6.07, 6.45) is 3.69. The van der Waals surface area contributed by atoms with Gasteiger partial charge in [0.1, 0.15) is 0 Å². The molecular weight excluding hydrogens is 298 g/mol. The normalized spacial score (nSPS) is 17.0. The van der Waals surface area contributed by atoms with Crippen molar-refractivity contribution in [3.05, 3.63) is 34.9 Å². The van der Waals surface area contributed by atoms with Gasteiger partial charge in [-0.25, -0.2) is 0 Å². The van der Waals surface area contributed by atoms with Crippen LogP contribution in [0.5, 0.6) is 0 Å². The lowest BCUT2D eigenvalue weighted by atomic mass is 9.64. The van der Waals surface area contributed by atoms with Crippen LogP contribution in [0.2, 0.25) is 5.02 Å². The van der Waals surface area contributed by atoms with E-state index in [1.807, 2.05) is 19.1 Å². The number of hydrogen-bond acceptors (Lipinski definition) is 2. The molecule has 0 heterocycles. The van der Waals surface area contributed by atoms with Gasteiger partial charge in [0.15, 0.2) is 5.96 Å². The van der Waals surface area contributed by atoms with Crippen molar-refractivity contribution in [1.29, 1.82) is 0 Å². The van der Waals surface area contributed by atoms with Gasteiger partial charge in [-0.05, 0) is 37.5 Å². The van der Waals surface area contributed by atoms with Crippen molar-refractivity contribution >= 4 is 17.6 Å². The lowest BCUT2D eigenvalue weighted by Crippen LogP contribution is -2.49. The molecule has 2 N–H and O–H groups in total. The third-order valence-corrected chi connectivity index (χ3v) is 4.58. The Balaban J connectivity index is 1.88. The summed E-state index contributed by atoms with van der Waals surface area (Å²) in [6, 6.07) is 8.25. The smallest absolute Gasteiger partial charge is 0.191 e. The van der Waals surface area contributed by atoms with E-state index in [2.05, 4.69) is 27.8 Å². The maximum atomic E-state index is 6.00. The number of nitrogens with zero attached hydrogens (tertiary/aromatic N) is 1. The Kier molecular flexibility index (Phi) is 6.52. The Hall–Kier alpha value is -1.26. The van der Waals surface area contributed by atoms with Crippen molar-refractivity contribution in [2.45, 2.75) is 31.6 Å². The van der Waals surface area contributed by atoms with E-state index in [-0.39, 0.29) is 5.41 Å². The highest BCUT2D eigenvalue weighted by atomic mass is 35.5. The SMILES string of the molecule is CCOCCNC(=NC)NCC1(c2ccc(Cl)cc2)CCC1. The predicted molar refractivity (Wildman–Crippen MR) is 92.8 cm³/mol. The number of hydrogen-bond donors (Lipinski definition) is 2. The summed E-state index contributed by atoms with van der Waals surface area (Å²) in [5.41, 5.74) is 1.57. The van der Waals surface area contributed by atoms with Gasteiger partial charge in [0.25, 0.3) is 0 Å². The summed E-state index contributed by atoms with van der Waals surface area (Å²) in [7, 11) is 1.80. The van der Waals surface area contributed by atoms with E-state index < -0.39 is 0 Å². The van der Waals surface area contributed by atoms with Crippen LogP contribution in [-0.2, 0) is 10.2 Å².